The Hall–Kier alpha value is -0.340. The Bertz CT molecular complexity index is 310. The Labute approximate surface area is 89.8 Å². The predicted octanol–water partition coefficient (Wildman–Crippen LogP) is 3.45. The summed E-state index contributed by atoms with van der Waals surface area (Å²) < 4.78 is 0. The molecular weight excluding hydrogens is 192 g/mol. The first-order valence-corrected chi connectivity index (χ1v) is 6.24. The van der Waals surface area contributed by atoms with E-state index in [1.165, 1.54) is 24.1 Å². The van der Waals surface area contributed by atoms with E-state index in [-0.39, 0.29) is 0 Å². The second kappa shape index (κ2) is 3.67. The number of aliphatic hydroxyl groups is 1. The molecule has 1 saturated carbocycles. The van der Waals surface area contributed by atoms with Crippen molar-refractivity contribution in [2.45, 2.75) is 45.1 Å². The Morgan fingerprint density at radius 1 is 1.57 bits per heavy atom. The van der Waals surface area contributed by atoms with Gasteiger partial charge in [-0.1, -0.05) is 19.3 Å². The molecule has 0 amide bonds. The summed E-state index contributed by atoms with van der Waals surface area (Å²) in [4.78, 5) is 1.29. The number of hydrogen-bond acceptors (Lipinski definition) is 2. The lowest BCUT2D eigenvalue weighted by atomic mass is 9.76. The molecule has 0 spiro atoms. The Kier molecular flexibility index (Phi) is 2.67. The van der Waals surface area contributed by atoms with Crippen LogP contribution in [0.3, 0.4) is 0 Å². The van der Waals surface area contributed by atoms with Crippen LogP contribution in [0.15, 0.2) is 11.4 Å². The van der Waals surface area contributed by atoms with Gasteiger partial charge in [0.2, 0.25) is 0 Å². The summed E-state index contributed by atoms with van der Waals surface area (Å²) in [6, 6.07) is 2.11. The smallest absolute Gasteiger partial charge is 0.0879 e. The first kappa shape index (κ1) is 10.2. The molecule has 78 valence electrons. The highest BCUT2D eigenvalue weighted by Gasteiger charge is 2.30. The van der Waals surface area contributed by atoms with Gasteiger partial charge >= 0.3 is 0 Å². The van der Waals surface area contributed by atoms with Crippen molar-refractivity contribution in [1.82, 2.24) is 0 Å². The zero-order chi connectivity index (χ0) is 10.2. The van der Waals surface area contributed by atoms with Gasteiger partial charge in [0.1, 0.15) is 0 Å². The topological polar surface area (TPSA) is 20.2 Å². The third-order valence-corrected chi connectivity index (χ3v) is 4.12. The normalized spacial score (nSPS) is 21.6. The molecule has 1 aromatic heterocycles. The van der Waals surface area contributed by atoms with E-state index in [4.69, 9.17) is 0 Å². The molecule has 2 rings (SSSR count). The molecule has 0 radical (unpaired) electrons. The van der Waals surface area contributed by atoms with E-state index in [1.807, 2.05) is 6.92 Å². The minimum atomic E-state index is -0.601. The lowest BCUT2D eigenvalue weighted by Gasteiger charge is -2.33. The van der Waals surface area contributed by atoms with Crippen LogP contribution >= 0.6 is 11.3 Å². The summed E-state index contributed by atoms with van der Waals surface area (Å²) in [5.74, 6) is 0.755. The van der Waals surface area contributed by atoms with Gasteiger partial charge in [-0.15, -0.1) is 11.3 Å². The second-order valence-electron chi connectivity index (χ2n) is 4.72. The molecular formula is C12H18OS. The van der Waals surface area contributed by atoms with E-state index in [0.29, 0.717) is 0 Å². The van der Waals surface area contributed by atoms with Gasteiger partial charge in [-0.25, -0.2) is 0 Å². The molecule has 0 saturated heterocycles. The molecule has 0 aliphatic heterocycles. The van der Waals surface area contributed by atoms with Crippen molar-refractivity contribution in [3.63, 3.8) is 0 Å². The maximum Gasteiger partial charge on any atom is 0.0879 e. The van der Waals surface area contributed by atoms with E-state index in [1.54, 1.807) is 11.3 Å². The Morgan fingerprint density at radius 2 is 2.29 bits per heavy atom. The molecule has 1 aromatic rings. The van der Waals surface area contributed by atoms with Crippen molar-refractivity contribution in [2.75, 3.05) is 0 Å². The van der Waals surface area contributed by atoms with Gasteiger partial charge in [-0.05, 0) is 43.2 Å². The fourth-order valence-corrected chi connectivity index (χ4v) is 2.93. The molecule has 1 heterocycles. The lowest BCUT2D eigenvalue weighted by molar-refractivity contribution is 0.0165. The maximum absolute atomic E-state index is 10.3. The van der Waals surface area contributed by atoms with Crippen LogP contribution in [-0.4, -0.2) is 5.11 Å². The van der Waals surface area contributed by atoms with Crippen LogP contribution in [0.5, 0.6) is 0 Å². The second-order valence-corrected chi connectivity index (χ2v) is 5.84. The standard InChI is InChI=1S/C12H18OS/c1-9-6-11(8-14-9)12(2,13)7-10-4-3-5-10/h6,8,10,13H,3-5,7H2,1-2H3. The summed E-state index contributed by atoms with van der Waals surface area (Å²) >= 11 is 1.72. The van der Waals surface area contributed by atoms with Crippen molar-refractivity contribution in [3.8, 4) is 0 Å². The molecule has 0 bridgehead atoms. The average molecular weight is 210 g/mol. The summed E-state index contributed by atoms with van der Waals surface area (Å²) in [6.45, 7) is 4.04. The highest BCUT2D eigenvalue weighted by molar-refractivity contribution is 7.10. The maximum atomic E-state index is 10.3. The fraction of sp³-hybridized carbons (Fsp3) is 0.667. The van der Waals surface area contributed by atoms with Gasteiger partial charge in [0.25, 0.3) is 0 Å². The monoisotopic (exact) mass is 210 g/mol. The summed E-state index contributed by atoms with van der Waals surface area (Å²) in [7, 11) is 0. The summed E-state index contributed by atoms with van der Waals surface area (Å²) in [5.41, 5.74) is 0.502. The third-order valence-electron chi connectivity index (χ3n) is 3.26. The molecule has 1 atom stereocenters. The zero-order valence-electron chi connectivity index (χ0n) is 8.92. The predicted molar refractivity (Wildman–Crippen MR) is 60.6 cm³/mol. The molecule has 1 aliphatic rings. The van der Waals surface area contributed by atoms with Crippen LogP contribution in [0.4, 0.5) is 0 Å². The molecule has 1 aliphatic carbocycles. The SMILES string of the molecule is Cc1cc(C(C)(O)CC2CCC2)cs1. The highest BCUT2D eigenvalue weighted by Crippen LogP contribution is 2.38. The fourth-order valence-electron chi connectivity index (χ4n) is 2.10. The Balaban J connectivity index is 2.06. The van der Waals surface area contributed by atoms with Gasteiger partial charge in [0.15, 0.2) is 0 Å². The third kappa shape index (κ3) is 2.01. The molecule has 1 unspecified atom stereocenters. The van der Waals surface area contributed by atoms with Crippen LogP contribution in [0.25, 0.3) is 0 Å². The van der Waals surface area contributed by atoms with E-state index in [0.717, 1.165) is 17.9 Å². The highest BCUT2D eigenvalue weighted by atomic mass is 32.1. The van der Waals surface area contributed by atoms with Gasteiger partial charge in [-0.3, -0.25) is 0 Å². The summed E-state index contributed by atoms with van der Waals surface area (Å²) in [6.07, 6.45) is 4.89. The first-order valence-electron chi connectivity index (χ1n) is 5.36. The number of hydrogen-bond donors (Lipinski definition) is 1. The van der Waals surface area contributed by atoms with E-state index < -0.39 is 5.60 Å². The zero-order valence-corrected chi connectivity index (χ0v) is 9.73. The van der Waals surface area contributed by atoms with Crippen LogP contribution in [0, 0.1) is 12.8 Å². The van der Waals surface area contributed by atoms with Gasteiger partial charge < -0.3 is 5.11 Å². The molecule has 1 N–H and O–H groups in total. The largest absolute Gasteiger partial charge is 0.385 e. The molecule has 14 heavy (non-hydrogen) atoms. The Morgan fingerprint density at radius 3 is 2.71 bits per heavy atom. The number of thiophene rings is 1. The first-order chi connectivity index (χ1) is 6.58. The van der Waals surface area contributed by atoms with E-state index in [2.05, 4.69) is 18.4 Å². The molecule has 1 nitrogen and oxygen atoms in total. The van der Waals surface area contributed by atoms with Crippen molar-refractivity contribution >= 4 is 11.3 Å². The lowest BCUT2D eigenvalue weighted by Crippen LogP contribution is -2.27. The van der Waals surface area contributed by atoms with E-state index >= 15 is 0 Å². The van der Waals surface area contributed by atoms with Crippen molar-refractivity contribution in [3.05, 3.63) is 21.9 Å². The average Bonchev–Trinajstić information content (AvgIpc) is 2.45. The molecule has 0 aromatic carbocycles. The van der Waals surface area contributed by atoms with Gasteiger partial charge in [0.05, 0.1) is 5.60 Å². The minimum Gasteiger partial charge on any atom is -0.385 e. The van der Waals surface area contributed by atoms with Crippen LogP contribution in [0.2, 0.25) is 0 Å². The number of aryl methyl sites for hydroxylation is 1. The number of rotatable bonds is 3. The van der Waals surface area contributed by atoms with Crippen LogP contribution < -0.4 is 0 Å². The van der Waals surface area contributed by atoms with Crippen molar-refractivity contribution < 1.29 is 5.11 Å². The van der Waals surface area contributed by atoms with Crippen LogP contribution in [-0.2, 0) is 5.60 Å². The van der Waals surface area contributed by atoms with Gasteiger partial charge in [-0.2, -0.15) is 0 Å². The van der Waals surface area contributed by atoms with Gasteiger partial charge in [0, 0.05) is 4.88 Å². The quantitative estimate of drug-likeness (QED) is 0.810. The summed E-state index contributed by atoms with van der Waals surface area (Å²) in [5, 5.41) is 12.4. The van der Waals surface area contributed by atoms with Crippen LogP contribution in [0.1, 0.15) is 43.0 Å². The molecule has 1 fully saturated rings. The minimum absolute atomic E-state index is 0.601. The van der Waals surface area contributed by atoms with E-state index in [9.17, 15) is 5.11 Å². The van der Waals surface area contributed by atoms with Crippen molar-refractivity contribution in [2.24, 2.45) is 5.92 Å². The molecule has 2 heteroatoms. The van der Waals surface area contributed by atoms with Crippen molar-refractivity contribution in [1.29, 1.82) is 0 Å².